The summed E-state index contributed by atoms with van der Waals surface area (Å²) in [4.78, 5) is 24.4. The van der Waals surface area contributed by atoms with Gasteiger partial charge in [0.1, 0.15) is 6.61 Å². The molecule has 0 aromatic carbocycles. The molecule has 0 radical (unpaired) electrons. The van der Waals surface area contributed by atoms with Gasteiger partial charge in [-0.2, -0.15) is 0 Å². The second-order valence-corrected chi connectivity index (χ2v) is 15.8. The minimum Gasteiger partial charge on any atom is -0.462 e. The second-order valence-electron chi connectivity index (χ2n) is 15.8. The van der Waals surface area contributed by atoms with Crippen LogP contribution in [0.25, 0.3) is 0 Å². The molecule has 0 aliphatic carbocycles. The average molecular weight is 855 g/mol. The minimum atomic E-state index is -0.812. The number of unbranched alkanes of at least 4 members (excludes halogenated alkanes) is 13. The number of aliphatic hydroxyl groups excluding tert-OH is 1. The third-order valence-corrected chi connectivity index (χ3v) is 9.93. The number of hydrogen-bond donors (Lipinski definition) is 1. The standard InChI is InChI=1S/C57H90O5/c1-3-5-7-9-11-13-15-17-19-21-23-25-26-27-28-29-30-32-34-36-38-40-42-44-46-48-50-52-57(60)62-55(53-58)54-61-56(59)51-49-47-45-43-41-39-37-35-33-31-24-22-20-18-16-14-12-10-8-6-4-2/h5,7,11,13,16-19,22-25,27-28,30,32-33,35-36,38,42,44,55,58H,3-4,6,8-10,12,14-15,20-21,26,29,31,34,37,39-41,43,45-54H2,1-2H3/b7-5-,13-11-,18-16-,19-17-,24-22-,25-23-,28-27-,32-30-,35-33-,38-36-,44-42-. The number of hydrogen-bond acceptors (Lipinski definition) is 5. The maximum atomic E-state index is 12.2. The lowest BCUT2D eigenvalue weighted by Gasteiger charge is -2.15. The number of carbonyl (C=O) groups excluding carboxylic acids is 2. The fraction of sp³-hybridized carbons (Fsp3) is 0.579. The maximum Gasteiger partial charge on any atom is 0.306 e. The zero-order chi connectivity index (χ0) is 44.9. The van der Waals surface area contributed by atoms with Crippen molar-refractivity contribution in [1.82, 2.24) is 0 Å². The zero-order valence-electron chi connectivity index (χ0n) is 39.6. The van der Waals surface area contributed by atoms with Crippen LogP contribution < -0.4 is 0 Å². The van der Waals surface area contributed by atoms with Crippen molar-refractivity contribution in [2.75, 3.05) is 13.2 Å². The Kier molecular flexibility index (Phi) is 48.1. The van der Waals surface area contributed by atoms with Gasteiger partial charge in [0.2, 0.25) is 0 Å². The molecule has 1 unspecified atom stereocenters. The predicted octanol–water partition coefficient (Wildman–Crippen LogP) is 16.5. The number of allylic oxidation sites excluding steroid dienone is 22. The Bertz CT molecular complexity index is 1330. The lowest BCUT2D eigenvalue weighted by atomic mass is 10.1. The monoisotopic (exact) mass is 855 g/mol. The first-order chi connectivity index (χ1) is 30.6. The molecule has 0 aliphatic heterocycles. The Morgan fingerprint density at radius 3 is 1.08 bits per heavy atom. The van der Waals surface area contributed by atoms with Crippen LogP contribution in [0.3, 0.4) is 0 Å². The Labute approximate surface area is 381 Å². The summed E-state index contributed by atoms with van der Waals surface area (Å²) in [6.07, 6.45) is 76.7. The van der Waals surface area contributed by atoms with E-state index in [0.717, 1.165) is 103 Å². The zero-order valence-corrected chi connectivity index (χ0v) is 39.6. The van der Waals surface area contributed by atoms with Gasteiger partial charge in [-0.3, -0.25) is 9.59 Å². The molecule has 62 heavy (non-hydrogen) atoms. The molecule has 0 aromatic rings. The summed E-state index contributed by atoms with van der Waals surface area (Å²) < 4.78 is 10.6. The summed E-state index contributed by atoms with van der Waals surface area (Å²) in [5, 5.41) is 9.61. The fourth-order valence-electron chi connectivity index (χ4n) is 6.22. The molecule has 0 amide bonds. The van der Waals surface area contributed by atoms with Crippen LogP contribution in [0.4, 0.5) is 0 Å². The van der Waals surface area contributed by atoms with Crippen molar-refractivity contribution in [3.05, 3.63) is 134 Å². The summed E-state index contributed by atoms with van der Waals surface area (Å²) in [6.45, 7) is 3.95. The topological polar surface area (TPSA) is 72.8 Å². The first kappa shape index (κ1) is 58.0. The van der Waals surface area contributed by atoms with Gasteiger partial charge in [-0.1, -0.05) is 199 Å². The van der Waals surface area contributed by atoms with Crippen LogP contribution in [-0.4, -0.2) is 36.4 Å². The first-order valence-electron chi connectivity index (χ1n) is 24.7. The van der Waals surface area contributed by atoms with Crippen LogP contribution in [0.5, 0.6) is 0 Å². The predicted molar refractivity (Wildman–Crippen MR) is 269 cm³/mol. The number of esters is 2. The molecule has 1 atom stereocenters. The van der Waals surface area contributed by atoms with Crippen molar-refractivity contribution >= 4 is 11.9 Å². The molecule has 0 spiro atoms. The normalized spacial score (nSPS) is 13.4. The number of carbonyl (C=O) groups is 2. The second kappa shape index (κ2) is 51.4. The number of ether oxygens (including phenoxy) is 2. The quantitative estimate of drug-likeness (QED) is 0.0376. The van der Waals surface area contributed by atoms with E-state index in [9.17, 15) is 14.7 Å². The minimum absolute atomic E-state index is 0.100. The molecule has 348 valence electrons. The van der Waals surface area contributed by atoms with Gasteiger partial charge in [0.25, 0.3) is 0 Å². The van der Waals surface area contributed by atoms with E-state index in [1.807, 2.05) is 0 Å². The van der Waals surface area contributed by atoms with Crippen LogP contribution in [0.2, 0.25) is 0 Å². The molecular weight excluding hydrogens is 765 g/mol. The summed E-state index contributed by atoms with van der Waals surface area (Å²) in [5.41, 5.74) is 0. The molecule has 1 N–H and O–H groups in total. The number of aliphatic hydroxyl groups is 1. The lowest BCUT2D eigenvalue weighted by molar-refractivity contribution is -0.161. The van der Waals surface area contributed by atoms with Gasteiger partial charge in [-0.05, 0) is 116 Å². The summed E-state index contributed by atoms with van der Waals surface area (Å²) in [7, 11) is 0. The van der Waals surface area contributed by atoms with Gasteiger partial charge < -0.3 is 14.6 Å². The van der Waals surface area contributed by atoms with Crippen molar-refractivity contribution in [3.8, 4) is 0 Å². The van der Waals surface area contributed by atoms with Crippen LogP contribution in [0.15, 0.2) is 134 Å². The van der Waals surface area contributed by atoms with E-state index < -0.39 is 6.10 Å². The Balaban J connectivity index is 3.71. The van der Waals surface area contributed by atoms with Gasteiger partial charge >= 0.3 is 11.9 Å². The third kappa shape index (κ3) is 48.7. The molecule has 0 rings (SSSR count). The summed E-state index contributed by atoms with van der Waals surface area (Å²) >= 11 is 0. The molecule has 5 nitrogen and oxygen atoms in total. The maximum absolute atomic E-state index is 12.2. The highest BCUT2D eigenvalue weighted by molar-refractivity contribution is 5.70. The highest BCUT2D eigenvalue weighted by Crippen LogP contribution is 2.11. The highest BCUT2D eigenvalue weighted by atomic mass is 16.6. The van der Waals surface area contributed by atoms with Crippen molar-refractivity contribution in [1.29, 1.82) is 0 Å². The van der Waals surface area contributed by atoms with Crippen molar-refractivity contribution < 1.29 is 24.2 Å². The van der Waals surface area contributed by atoms with Gasteiger partial charge in [-0.15, -0.1) is 0 Å². The van der Waals surface area contributed by atoms with Crippen LogP contribution in [0.1, 0.15) is 194 Å². The highest BCUT2D eigenvalue weighted by Gasteiger charge is 2.16. The molecule has 0 heterocycles. The molecule has 0 fully saturated rings. The van der Waals surface area contributed by atoms with Crippen molar-refractivity contribution in [2.45, 2.75) is 200 Å². The SMILES string of the molecule is CC/C=C\C/C=C\C/C=C\C/C=C\C/C=C\C/C=C\C/C=C\C/C=C\CCCCC(=O)OC(CO)COC(=O)CCCCCCCC/C=C\C/C=C\C/C=C\CCCCCCC. The van der Waals surface area contributed by atoms with Gasteiger partial charge in [0.05, 0.1) is 6.61 Å². The lowest BCUT2D eigenvalue weighted by Crippen LogP contribution is -2.28. The smallest absolute Gasteiger partial charge is 0.306 e. The van der Waals surface area contributed by atoms with E-state index in [1.54, 1.807) is 0 Å². The molecular formula is C57H90O5. The first-order valence-corrected chi connectivity index (χ1v) is 24.7. The van der Waals surface area contributed by atoms with E-state index in [4.69, 9.17) is 9.47 Å². The molecule has 0 aromatic heterocycles. The number of rotatable bonds is 43. The summed E-state index contributed by atoms with van der Waals surface area (Å²) in [5.74, 6) is -0.668. The molecule has 5 heteroatoms. The van der Waals surface area contributed by atoms with E-state index in [1.165, 1.54) is 57.8 Å². The van der Waals surface area contributed by atoms with E-state index in [0.29, 0.717) is 12.8 Å². The Morgan fingerprint density at radius 2 is 0.694 bits per heavy atom. The van der Waals surface area contributed by atoms with Gasteiger partial charge in [0, 0.05) is 12.8 Å². The van der Waals surface area contributed by atoms with E-state index in [-0.39, 0.29) is 31.6 Å². The molecule has 0 saturated heterocycles. The molecule has 0 bridgehead atoms. The van der Waals surface area contributed by atoms with Gasteiger partial charge in [-0.25, -0.2) is 0 Å². The van der Waals surface area contributed by atoms with Crippen LogP contribution in [0, 0.1) is 0 Å². The van der Waals surface area contributed by atoms with E-state index in [2.05, 4.69) is 148 Å². The Morgan fingerprint density at radius 1 is 0.387 bits per heavy atom. The Hall–Kier alpha value is -3.96. The van der Waals surface area contributed by atoms with Crippen LogP contribution >= 0.6 is 0 Å². The largest absolute Gasteiger partial charge is 0.462 e. The van der Waals surface area contributed by atoms with E-state index >= 15 is 0 Å². The van der Waals surface area contributed by atoms with Gasteiger partial charge in [0.15, 0.2) is 6.10 Å². The molecule has 0 saturated carbocycles. The average Bonchev–Trinajstić information content (AvgIpc) is 3.28. The summed E-state index contributed by atoms with van der Waals surface area (Å²) in [6, 6.07) is 0. The van der Waals surface area contributed by atoms with Crippen molar-refractivity contribution in [3.63, 3.8) is 0 Å². The molecule has 0 aliphatic rings. The van der Waals surface area contributed by atoms with Crippen molar-refractivity contribution in [2.24, 2.45) is 0 Å². The van der Waals surface area contributed by atoms with Crippen LogP contribution in [-0.2, 0) is 19.1 Å². The fourth-order valence-corrected chi connectivity index (χ4v) is 6.22. The third-order valence-electron chi connectivity index (χ3n) is 9.93.